The van der Waals surface area contributed by atoms with Crippen LogP contribution in [0.4, 0.5) is 9.93 Å². The van der Waals surface area contributed by atoms with Crippen molar-refractivity contribution in [2.75, 3.05) is 24.6 Å². The van der Waals surface area contributed by atoms with E-state index in [1.54, 1.807) is 6.92 Å². The fourth-order valence-electron chi connectivity index (χ4n) is 3.10. The number of nitrogen functional groups attached to an aromatic ring is 1. The van der Waals surface area contributed by atoms with Crippen LogP contribution < -0.4 is 16.4 Å². The number of carboxylic acids is 1. The fraction of sp³-hybridized carbons (Fsp3) is 0.333. The van der Waals surface area contributed by atoms with Gasteiger partial charge in [0.05, 0.1) is 0 Å². The number of fused-ring (bicyclic) bond motifs is 1. The van der Waals surface area contributed by atoms with Crippen molar-refractivity contribution in [2.24, 2.45) is 5.16 Å². The number of hydrogen-bond donors (Lipinski definition) is 5. The van der Waals surface area contributed by atoms with E-state index >= 15 is 0 Å². The molecule has 3 amide bonds. The number of anilines is 1. The Morgan fingerprint density at radius 3 is 2.82 bits per heavy atom. The number of carbonyl (C=O) groups excluding carboxylic acids is 3. The minimum atomic E-state index is -1.31. The van der Waals surface area contributed by atoms with Crippen LogP contribution in [0.1, 0.15) is 12.6 Å². The first-order valence-corrected chi connectivity index (χ1v) is 11.4. The van der Waals surface area contributed by atoms with Crippen LogP contribution >= 0.6 is 23.1 Å². The van der Waals surface area contributed by atoms with Gasteiger partial charge in [0.1, 0.15) is 29.4 Å². The molecule has 3 rings (SSSR count). The number of thioether (sulfide) groups is 1. The molecule has 15 heteroatoms. The standard InChI is InChI=1S/C18H20N6O7S2/c1-2-20-18(29)31-5-3-4-8-6-32-15-11(14(26)24(15)12(8)16(27)28)22-13(25)10(23-30)9-7-33-17(19)21-9/h3-4,7,11,15,30H,2,5-6H2,1H3,(H2,19,21)(H,20,29)(H,22,25)(H,27,28)/b4-3-,23-10-/t11?,15-/m0/s1. The largest absolute Gasteiger partial charge is 0.477 e. The van der Waals surface area contributed by atoms with Crippen molar-refractivity contribution in [3.63, 3.8) is 0 Å². The molecule has 3 heterocycles. The summed E-state index contributed by atoms with van der Waals surface area (Å²) < 4.78 is 4.90. The highest BCUT2D eigenvalue weighted by molar-refractivity contribution is 8.00. The second-order valence-electron chi connectivity index (χ2n) is 6.59. The third-order valence-electron chi connectivity index (χ3n) is 4.52. The summed E-state index contributed by atoms with van der Waals surface area (Å²) in [4.78, 5) is 53.3. The van der Waals surface area contributed by atoms with Crippen LogP contribution in [0.5, 0.6) is 0 Å². The van der Waals surface area contributed by atoms with Gasteiger partial charge in [-0.05, 0) is 18.6 Å². The summed E-state index contributed by atoms with van der Waals surface area (Å²) in [5, 5.41) is 27.7. The zero-order valence-corrected chi connectivity index (χ0v) is 18.8. The predicted molar refractivity (Wildman–Crippen MR) is 119 cm³/mol. The van der Waals surface area contributed by atoms with E-state index < -0.39 is 41.0 Å². The molecule has 0 aromatic carbocycles. The molecular formula is C18H20N6O7S2. The fourth-order valence-corrected chi connectivity index (χ4v) is 4.97. The molecule has 0 radical (unpaired) electrons. The van der Waals surface area contributed by atoms with Crippen LogP contribution in [0.25, 0.3) is 0 Å². The first-order valence-electron chi connectivity index (χ1n) is 9.51. The molecule has 0 aliphatic carbocycles. The summed E-state index contributed by atoms with van der Waals surface area (Å²) in [7, 11) is 0. The molecule has 1 unspecified atom stereocenters. The summed E-state index contributed by atoms with van der Waals surface area (Å²) >= 11 is 2.29. The van der Waals surface area contributed by atoms with Gasteiger partial charge in [-0.2, -0.15) is 0 Å². The molecule has 1 saturated heterocycles. The van der Waals surface area contributed by atoms with E-state index in [9.17, 15) is 29.5 Å². The van der Waals surface area contributed by atoms with Crippen LogP contribution in [0.3, 0.4) is 0 Å². The van der Waals surface area contributed by atoms with E-state index in [0.29, 0.717) is 12.1 Å². The maximum absolute atomic E-state index is 12.7. The molecule has 0 saturated carbocycles. The highest BCUT2D eigenvalue weighted by Gasteiger charge is 2.54. The first-order chi connectivity index (χ1) is 15.8. The molecule has 13 nitrogen and oxygen atoms in total. The van der Waals surface area contributed by atoms with Crippen molar-refractivity contribution < 1.29 is 34.2 Å². The quantitative estimate of drug-likeness (QED) is 0.141. The number of aromatic nitrogens is 1. The lowest BCUT2D eigenvalue weighted by Crippen LogP contribution is -2.71. The monoisotopic (exact) mass is 496 g/mol. The Labute approximate surface area is 195 Å². The summed E-state index contributed by atoms with van der Waals surface area (Å²) in [6, 6.07) is -1.02. The average Bonchev–Trinajstić information content (AvgIpc) is 3.20. The Morgan fingerprint density at radius 2 is 2.21 bits per heavy atom. The van der Waals surface area contributed by atoms with Gasteiger partial charge in [0.2, 0.25) is 0 Å². The number of amides is 3. The van der Waals surface area contributed by atoms with Gasteiger partial charge in [0, 0.05) is 17.7 Å². The SMILES string of the molecule is CCNC(=O)OC/C=C\C1=C(C(=O)O)N2C(=O)C(NC(=O)/C(=N\O)c3csc(N)n3)[C@@H]2SC1. The van der Waals surface area contributed by atoms with Crippen LogP contribution in [0.2, 0.25) is 0 Å². The number of carboxylic acid groups (broad SMARTS) is 1. The normalized spacial score (nSPS) is 20.3. The topological polar surface area (TPSA) is 197 Å². The minimum Gasteiger partial charge on any atom is -0.477 e. The molecular weight excluding hydrogens is 476 g/mol. The van der Waals surface area contributed by atoms with Crippen LogP contribution in [0, 0.1) is 0 Å². The Hall–Kier alpha value is -3.59. The molecule has 0 bridgehead atoms. The van der Waals surface area contributed by atoms with Crippen LogP contribution in [-0.2, 0) is 19.1 Å². The van der Waals surface area contributed by atoms with Crippen LogP contribution in [0.15, 0.2) is 34.0 Å². The van der Waals surface area contributed by atoms with Gasteiger partial charge in [0.15, 0.2) is 10.8 Å². The number of aliphatic carboxylic acids is 1. The van der Waals surface area contributed by atoms with Gasteiger partial charge in [-0.15, -0.1) is 23.1 Å². The van der Waals surface area contributed by atoms with E-state index in [0.717, 1.165) is 16.2 Å². The second-order valence-corrected chi connectivity index (χ2v) is 8.59. The zero-order valence-electron chi connectivity index (χ0n) is 17.2. The molecule has 1 aromatic heterocycles. The number of oxime groups is 1. The van der Waals surface area contributed by atoms with Crippen molar-refractivity contribution in [1.29, 1.82) is 0 Å². The Bertz CT molecular complexity index is 1070. The molecule has 33 heavy (non-hydrogen) atoms. The van der Waals surface area contributed by atoms with Gasteiger partial charge >= 0.3 is 12.1 Å². The number of nitrogens with one attached hydrogen (secondary N) is 2. The Balaban J connectivity index is 1.69. The van der Waals surface area contributed by atoms with E-state index in [1.165, 1.54) is 29.3 Å². The molecule has 176 valence electrons. The number of nitrogens with two attached hydrogens (primary N) is 1. The van der Waals surface area contributed by atoms with Crippen molar-refractivity contribution in [3.05, 3.63) is 34.5 Å². The molecule has 2 aliphatic rings. The van der Waals surface area contributed by atoms with E-state index in [1.807, 2.05) is 0 Å². The van der Waals surface area contributed by atoms with E-state index in [2.05, 4.69) is 20.8 Å². The number of thiazole rings is 1. The lowest BCUT2D eigenvalue weighted by atomic mass is 10.0. The van der Waals surface area contributed by atoms with E-state index in [4.69, 9.17) is 10.5 Å². The molecule has 6 N–H and O–H groups in total. The smallest absolute Gasteiger partial charge is 0.407 e. The Morgan fingerprint density at radius 1 is 1.45 bits per heavy atom. The maximum atomic E-state index is 12.7. The third-order valence-corrected chi connectivity index (χ3v) is 6.49. The number of carbonyl (C=O) groups is 4. The van der Waals surface area contributed by atoms with E-state index in [-0.39, 0.29) is 28.9 Å². The highest BCUT2D eigenvalue weighted by atomic mass is 32.2. The molecule has 1 aromatic rings. The van der Waals surface area contributed by atoms with Gasteiger partial charge in [-0.1, -0.05) is 11.2 Å². The van der Waals surface area contributed by atoms with Gasteiger partial charge in [0.25, 0.3) is 11.8 Å². The number of hydrogen-bond acceptors (Lipinski definition) is 11. The lowest BCUT2D eigenvalue weighted by Gasteiger charge is -2.49. The van der Waals surface area contributed by atoms with Crippen molar-refractivity contribution >= 4 is 57.8 Å². The Kier molecular flexibility index (Phi) is 7.55. The average molecular weight is 497 g/mol. The summed E-state index contributed by atoms with van der Waals surface area (Å²) in [5.74, 6) is -2.55. The number of ether oxygens (including phenoxy) is 1. The minimum absolute atomic E-state index is 0.0470. The van der Waals surface area contributed by atoms with Gasteiger partial charge < -0.3 is 31.4 Å². The summed E-state index contributed by atoms with van der Waals surface area (Å²) in [6.45, 7) is 2.07. The molecule has 2 aliphatic heterocycles. The molecule has 1 fully saturated rings. The number of rotatable bonds is 8. The predicted octanol–water partition coefficient (Wildman–Crippen LogP) is -0.0555. The number of alkyl carbamates (subject to hydrolysis) is 1. The first kappa shape index (κ1) is 24.1. The van der Waals surface area contributed by atoms with Crippen molar-refractivity contribution in [3.8, 4) is 0 Å². The molecule has 2 atom stereocenters. The zero-order chi connectivity index (χ0) is 24.1. The number of β-lactam (4-membered cyclic amide) rings is 1. The summed E-state index contributed by atoms with van der Waals surface area (Å²) in [6.07, 6.45) is 2.35. The van der Waals surface area contributed by atoms with Gasteiger partial charge in [-0.25, -0.2) is 14.6 Å². The maximum Gasteiger partial charge on any atom is 0.407 e. The van der Waals surface area contributed by atoms with Crippen molar-refractivity contribution in [2.45, 2.75) is 18.3 Å². The second kappa shape index (κ2) is 10.4. The van der Waals surface area contributed by atoms with Gasteiger partial charge in [-0.3, -0.25) is 14.5 Å². The summed E-state index contributed by atoms with van der Waals surface area (Å²) in [5.41, 5.74) is 5.30. The highest BCUT2D eigenvalue weighted by Crippen LogP contribution is 2.40. The van der Waals surface area contributed by atoms with Crippen LogP contribution in [-0.4, -0.2) is 80.1 Å². The third kappa shape index (κ3) is 5.09. The number of allylic oxidation sites excluding steroid dienone is 1. The lowest BCUT2D eigenvalue weighted by molar-refractivity contribution is -0.150. The van der Waals surface area contributed by atoms with Crippen molar-refractivity contribution in [1.82, 2.24) is 20.5 Å². The molecule has 0 spiro atoms. The number of nitrogens with zero attached hydrogens (tertiary/aromatic N) is 3.